The average Bonchev–Trinajstić information content (AvgIpc) is 3.54. The molecule has 1 heteroatoms. The van der Waals surface area contributed by atoms with Gasteiger partial charge in [-0.25, -0.2) is 0 Å². The van der Waals surface area contributed by atoms with Crippen LogP contribution in [0.5, 0.6) is 0 Å². The molecule has 2 aliphatic rings. The SMILES string of the molecule is CC1(C)c2ccccc2-c2ccc(N(c3ccc(-c4ccc5ccccc5c4)cc3)c3ccc4ccc5c(c4c3)C(C)(C)c3ccccc3-5)cc21. The van der Waals surface area contributed by atoms with Gasteiger partial charge in [0.05, 0.1) is 0 Å². The highest BCUT2D eigenvalue weighted by atomic mass is 15.1. The molecule has 0 saturated heterocycles. The minimum Gasteiger partial charge on any atom is -0.310 e. The van der Waals surface area contributed by atoms with E-state index >= 15 is 0 Å². The standard InChI is InChI=1S/C50H39N/c1-49(2)45-15-9-7-13-40(45)42-28-26-39(31-47(42)49)51(37-23-19-33(20-24-37)36-18-17-32-11-5-6-12-35(32)29-36)38-25-21-34-22-27-43-41-14-8-10-16-46(41)50(3,4)48(43)44(34)30-38/h5-31H,1-4H3. The molecule has 2 aliphatic carbocycles. The molecular formula is C50H39N. The molecule has 244 valence electrons. The smallest absolute Gasteiger partial charge is 0.0468 e. The predicted octanol–water partition coefficient (Wildman–Crippen LogP) is 13.7. The van der Waals surface area contributed by atoms with Gasteiger partial charge in [0, 0.05) is 27.9 Å². The van der Waals surface area contributed by atoms with Crippen molar-refractivity contribution in [1.82, 2.24) is 0 Å². The van der Waals surface area contributed by atoms with Gasteiger partial charge in [0.2, 0.25) is 0 Å². The Morgan fingerprint density at radius 3 is 1.67 bits per heavy atom. The van der Waals surface area contributed by atoms with Crippen LogP contribution in [0.3, 0.4) is 0 Å². The molecule has 0 fully saturated rings. The van der Waals surface area contributed by atoms with Crippen molar-refractivity contribution < 1.29 is 0 Å². The van der Waals surface area contributed by atoms with Crippen molar-refractivity contribution in [1.29, 1.82) is 0 Å². The number of hydrogen-bond donors (Lipinski definition) is 0. The molecule has 0 N–H and O–H groups in total. The van der Waals surface area contributed by atoms with Crippen LogP contribution in [-0.4, -0.2) is 0 Å². The molecule has 10 rings (SSSR count). The lowest BCUT2D eigenvalue weighted by molar-refractivity contribution is 0.660. The van der Waals surface area contributed by atoms with Gasteiger partial charge in [0.1, 0.15) is 0 Å². The van der Waals surface area contributed by atoms with E-state index in [4.69, 9.17) is 0 Å². The van der Waals surface area contributed by atoms with Crippen molar-refractivity contribution in [2.75, 3.05) is 4.90 Å². The third kappa shape index (κ3) is 4.41. The second-order valence-electron chi connectivity index (χ2n) is 15.4. The summed E-state index contributed by atoms with van der Waals surface area (Å²) in [6.07, 6.45) is 0. The second kappa shape index (κ2) is 10.8. The predicted molar refractivity (Wildman–Crippen MR) is 217 cm³/mol. The van der Waals surface area contributed by atoms with E-state index in [0.29, 0.717) is 0 Å². The number of benzene rings is 8. The number of rotatable bonds is 4. The number of hydrogen-bond acceptors (Lipinski definition) is 1. The highest BCUT2D eigenvalue weighted by Crippen LogP contribution is 2.53. The maximum absolute atomic E-state index is 2.46. The van der Waals surface area contributed by atoms with Crippen LogP contribution in [0, 0.1) is 0 Å². The fourth-order valence-corrected chi connectivity index (χ4v) is 9.19. The first-order chi connectivity index (χ1) is 24.8. The Morgan fingerprint density at radius 2 is 0.882 bits per heavy atom. The number of anilines is 3. The zero-order valence-electron chi connectivity index (χ0n) is 29.5. The van der Waals surface area contributed by atoms with Crippen LogP contribution in [0.25, 0.3) is 54.9 Å². The first-order valence-electron chi connectivity index (χ1n) is 18.1. The molecule has 0 bridgehead atoms. The van der Waals surface area contributed by atoms with Crippen molar-refractivity contribution in [3.8, 4) is 33.4 Å². The fourth-order valence-electron chi connectivity index (χ4n) is 9.19. The zero-order chi connectivity index (χ0) is 34.5. The molecular weight excluding hydrogens is 615 g/mol. The van der Waals surface area contributed by atoms with Crippen LogP contribution >= 0.6 is 0 Å². The Bertz CT molecular complexity index is 2690. The maximum Gasteiger partial charge on any atom is 0.0468 e. The van der Waals surface area contributed by atoms with E-state index in [1.165, 1.54) is 82.9 Å². The highest BCUT2D eigenvalue weighted by molar-refractivity contribution is 6.00. The summed E-state index contributed by atoms with van der Waals surface area (Å²) >= 11 is 0. The normalized spacial score (nSPS) is 14.6. The minimum atomic E-state index is -0.0975. The van der Waals surface area contributed by atoms with E-state index in [2.05, 4.69) is 196 Å². The first kappa shape index (κ1) is 29.9. The second-order valence-corrected chi connectivity index (χ2v) is 15.4. The Balaban J connectivity index is 1.15. The zero-order valence-corrected chi connectivity index (χ0v) is 29.5. The first-order valence-corrected chi connectivity index (χ1v) is 18.1. The molecule has 8 aromatic rings. The molecule has 0 amide bonds. The maximum atomic E-state index is 2.46. The molecule has 0 heterocycles. The highest BCUT2D eigenvalue weighted by Gasteiger charge is 2.38. The van der Waals surface area contributed by atoms with Gasteiger partial charge < -0.3 is 4.90 Å². The summed E-state index contributed by atoms with van der Waals surface area (Å²) in [7, 11) is 0. The minimum absolute atomic E-state index is 0.0897. The number of nitrogens with zero attached hydrogens (tertiary/aromatic N) is 1. The van der Waals surface area contributed by atoms with Gasteiger partial charge >= 0.3 is 0 Å². The van der Waals surface area contributed by atoms with Crippen LogP contribution in [0.1, 0.15) is 49.9 Å². The van der Waals surface area contributed by atoms with E-state index < -0.39 is 0 Å². The third-order valence-electron chi connectivity index (χ3n) is 11.8. The van der Waals surface area contributed by atoms with E-state index in [1.807, 2.05) is 0 Å². The van der Waals surface area contributed by atoms with E-state index in [0.717, 1.165) is 11.4 Å². The van der Waals surface area contributed by atoms with Gasteiger partial charge in [-0.3, -0.25) is 0 Å². The largest absolute Gasteiger partial charge is 0.310 e. The summed E-state index contributed by atoms with van der Waals surface area (Å²) in [6.45, 7) is 9.49. The molecule has 0 aromatic heterocycles. The molecule has 0 spiro atoms. The monoisotopic (exact) mass is 653 g/mol. The summed E-state index contributed by atoms with van der Waals surface area (Å²) in [4.78, 5) is 2.46. The lowest BCUT2D eigenvalue weighted by Crippen LogP contribution is -2.17. The fraction of sp³-hybridized carbons (Fsp3) is 0.120. The molecule has 8 aromatic carbocycles. The van der Waals surface area contributed by atoms with Gasteiger partial charge in [-0.2, -0.15) is 0 Å². The van der Waals surface area contributed by atoms with Crippen molar-refractivity contribution >= 4 is 38.6 Å². The van der Waals surface area contributed by atoms with Gasteiger partial charge in [0.25, 0.3) is 0 Å². The summed E-state index contributed by atoms with van der Waals surface area (Å²) in [5.41, 5.74) is 16.7. The van der Waals surface area contributed by atoms with Crippen molar-refractivity contribution in [2.45, 2.75) is 38.5 Å². The number of fused-ring (bicyclic) bond motifs is 9. The quantitative estimate of drug-likeness (QED) is 0.183. The van der Waals surface area contributed by atoms with Crippen molar-refractivity contribution in [2.24, 2.45) is 0 Å². The van der Waals surface area contributed by atoms with Crippen LogP contribution in [0.15, 0.2) is 164 Å². The van der Waals surface area contributed by atoms with Crippen LogP contribution in [0.4, 0.5) is 17.1 Å². The van der Waals surface area contributed by atoms with E-state index in [9.17, 15) is 0 Å². The average molecular weight is 654 g/mol. The topological polar surface area (TPSA) is 3.24 Å². The third-order valence-corrected chi connectivity index (χ3v) is 11.8. The summed E-state index contributed by atoms with van der Waals surface area (Å²) in [5, 5.41) is 5.12. The molecule has 0 saturated carbocycles. The lowest BCUT2D eigenvalue weighted by Gasteiger charge is -2.29. The van der Waals surface area contributed by atoms with Crippen LogP contribution in [-0.2, 0) is 10.8 Å². The Kier molecular flexibility index (Phi) is 6.34. The molecule has 51 heavy (non-hydrogen) atoms. The molecule has 0 radical (unpaired) electrons. The molecule has 0 atom stereocenters. The van der Waals surface area contributed by atoms with Gasteiger partial charge in [0.15, 0.2) is 0 Å². The Morgan fingerprint density at radius 1 is 0.353 bits per heavy atom. The van der Waals surface area contributed by atoms with Crippen LogP contribution < -0.4 is 4.90 Å². The Hall–Kier alpha value is -5.92. The van der Waals surface area contributed by atoms with E-state index in [-0.39, 0.29) is 10.8 Å². The van der Waals surface area contributed by atoms with Gasteiger partial charge in [-0.1, -0.05) is 149 Å². The molecule has 1 nitrogen and oxygen atoms in total. The molecule has 0 aliphatic heterocycles. The summed E-state index contributed by atoms with van der Waals surface area (Å²) in [5.74, 6) is 0. The summed E-state index contributed by atoms with van der Waals surface area (Å²) < 4.78 is 0. The van der Waals surface area contributed by atoms with Crippen molar-refractivity contribution in [3.63, 3.8) is 0 Å². The van der Waals surface area contributed by atoms with E-state index in [1.54, 1.807) is 0 Å². The van der Waals surface area contributed by atoms with Gasteiger partial charge in [-0.05, 0) is 120 Å². The van der Waals surface area contributed by atoms with Crippen molar-refractivity contribution in [3.05, 3.63) is 186 Å². The van der Waals surface area contributed by atoms with Crippen LogP contribution in [0.2, 0.25) is 0 Å². The summed E-state index contributed by atoms with van der Waals surface area (Å²) in [6, 6.07) is 61.1. The molecule has 0 unspecified atom stereocenters. The lowest BCUT2D eigenvalue weighted by atomic mass is 9.80. The van der Waals surface area contributed by atoms with Gasteiger partial charge in [-0.15, -0.1) is 0 Å². The Labute approximate surface area is 300 Å².